The van der Waals surface area contributed by atoms with Gasteiger partial charge in [0.25, 0.3) is 0 Å². The number of carboxylic acids is 1. The van der Waals surface area contributed by atoms with Crippen molar-refractivity contribution in [3.63, 3.8) is 0 Å². The third-order valence-electron chi connectivity index (χ3n) is 1.93. The Labute approximate surface area is 136 Å². The second-order valence-corrected chi connectivity index (χ2v) is 3.15. The molecule has 0 saturated carbocycles. The van der Waals surface area contributed by atoms with Crippen LogP contribution in [0, 0.1) is 0 Å². The second kappa shape index (κ2) is 8.20. The molecule has 0 bridgehead atoms. The van der Waals surface area contributed by atoms with Crippen molar-refractivity contribution in [1.29, 1.82) is 0 Å². The molecule has 0 aliphatic heterocycles. The van der Waals surface area contributed by atoms with Gasteiger partial charge in [0.1, 0.15) is 0 Å². The fraction of sp³-hybridized carbons (Fsp3) is 0.182. The fourth-order valence-corrected chi connectivity index (χ4v) is 1.17. The van der Waals surface area contributed by atoms with Gasteiger partial charge in [0.15, 0.2) is 0 Å². The summed E-state index contributed by atoms with van der Waals surface area (Å²) < 4.78 is 4.45. The molecular formula is C11H13CaNO5. The van der Waals surface area contributed by atoms with Gasteiger partial charge in [0.05, 0.1) is 17.5 Å². The Hall–Kier alpha value is -0.950. The first-order chi connectivity index (χ1) is 8.06. The minimum atomic E-state index is -1.26. The van der Waals surface area contributed by atoms with E-state index >= 15 is 0 Å². The molecule has 0 saturated heterocycles. The van der Waals surface area contributed by atoms with Crippen LogP contribution in [0.25, 0.3) is 0 Å². The maximum absolute atomic E-state index is 11.5. The van der Waals surface area contributed by atoms with Crippen molar-refractivity contribution in [3.05, 3.63) is 35.4 Å². The van der Waals surface area contributed by atoms with E-state index in [2.05, 4.69) is 4.74 Å². The van der Waals surface area contributed by atoms with E-state index in [-0.39, 0.29) is 64.7 Å². The topological polar surface area (TPSA) is 107 Å². The standard InChI is InChI=1S/C11H11NO5.Ca.2H/c12-6-5-9(13)17-11(16)8-4-2-1-3-7(8)10(14)15;;;/h1-4H,5-6,12H2,(H,14,15);;;/q;+2;2*-1. The minimum Gasteiger partial charge on any atom is -1.00 e. The number of ether oxygens (including phenoxy) is 1. The van der Waals surface area contributed by atoms with E-state index in [0.29, 0.717) is 0 Å². The molecule has 94 valence electrons. The first-order valence-electron chi connectivity index (χ1n) is 4.83. The van der Waals surface area contributed by atoms with Crippen molar-refractivity contribution < 1.29 is 27.1 Å². The van der Waals surface area contributed by atoms with Crippen molar-refractivity contribution in [2.24, 2.45) is 5.73 Å². The molecule has 0 unspecified atom stereocenters. The summed E-state index contributed by atoms with van der Waals surface area (Å²) in [5.41, 5.74) is 4.74. The Morgan fingerprint density at radius 2 is 1.78 bits per heavy atom. The smallest absolute Gasteiger partial charge is 1.00 e. The van der Waals surface area contributed by atoms with E-state index in [9.17, 15) is 14.4 Å². The van der Waals surface area contributed by atoms with Gasteiger partial charge in [-0.15, -0.1) is 0 Å². The summed E-state index contributed by atoms with van der Waals surface area (Å²) in [4.78, 5) is 33.4. The van der Waals surface area contributed by atoms with Gasteiger partial charge in [-0.3, -0.25) is 4.79 Å². The molecule has 0 aliphatic carbocycles. The van der Waals surface area contributed by atoms with Crippen LogP contribution in [0.4, 0.5) is 0 Å². The largest absolute Gasteiger partial charge is 2.00 e. The third kappa shape index (κ3) is 4.73. The van der Waals surface area contributed by atoms with Crippen LogP contribution >= 0.6 is 0 Å². The van der Waals surface area contributed by atoms with Gasteiger partial charge in [0, 0.05) is 6.54 Å². The normalized spacial score (nSPS) is 9.17. The van der Waals surface area contributed by atoms with Gasteiger partial charge >= 0.3 is 55.6 Å². The van der Waals surface area contributed by atoms with Gasteiger partial charge in [-0.05, 0) is 12.1 Å². The average Bonchev–Trinajstić information content (AvgIpc) is 2.29. The van der Waals surface area contributed by atoms with Gasteiger partial charge < -0.3 is 18.4 Å². The number of esters is 2. The molecule has 0 heterocycles. The molecule has 0 amide bonds. The molecule has 0 spiro atoms. The van der Waals surface area contributed by atoms with Crippen molar-refractivity contribution in [1.82, 2.24) is 0 Å². The van der Waals surface area contributed by atoms with E-state index in [1.807, 2.05) is 0 Å². The van der Waals surface area contributed by atoms with Crippen LogP contribution in [0.1, 0.15) is 30.0 Å². The third-order valence-corrected chi connectivity index (χ3v) is 1.93. The summed E-state index contributed by atoms with van der Waals surface area (Å²) in [6.45, 7) is 0.0622. The molecule has 18 heavy (non-hydrogen) atoms. The molecule has 0 fully saturated rings. The van der Waals surface area contributed by atoms with Crippen LogP contribution in [0.5, 0.6) is 0 Å². The van der Waals surface area contributed by atoms with E-state index in [1.54, 1.807) is 0 Å². The molecule has 3 N–H and O–H groups in total. The molecule has 1 aromatic carbocycles. The minimum absolute atomic E-state index is 0. The van der Waals surface area contributed by atoms with Crippen LogP contribution in [-0.4, -0.2) is 67.3 Å². The number of hydrogen-bond acceptors (Lipinski definition) is 5. The summed E-state index contributed by atoms with van der Waals surface area (Å²) in [6, 6.07) is 5.49. The fourth-order valence-electron chi connectivity index (χ4n) is 1.17. The number of aromatic carboxylic acids is 1. The Morgan fingerprint density at radius 1 is 1.22 bits per heavy atom. The SMILES string of the molecule is NCCC(=O)OC(=O)c1ccccc1C(=O)O.[Ca+2].[H-].[H-]. The van der Waals surface area contributed by atoms with Gasteiger partial charge in [0.2, 0.25) is 0 Å². The van der Waals surface area contributed by atoms with Crippen LogP contribution in [0.2, 0.25) is 0 Å². The first-order valence-corrected chi connectivity index (χ1v) is 4.83. The van der Waals surface area contributed by atoms with Crippen molar-refractivity contribution in [3.8, 4) is 0 Å². The number of carbonyl (C=O) groups excluding carboxylic acids is 2. The summed E-state index contributed by atoms with van der Waals surface area (Å²) in [6.07, 6.45) is -0.0963. The van der Waals surface area contributed by atoms with Crippen LogP contribution in [0.15, 0.2) is 24.3 Å². The van der Waals surface area contributed by atoms with Crippen LogP contribution in [-0.2, 0) is 9.53 Å². The maximum Gasteiger partial charge on any atom is 2.00 e. The average molecular weight is 279 g/mol. The Bertz CT molecular complexity index is 470. The van der Waals surface area contributed by atoms with E-state index in [0.717, 1.165) is 0 Å². The zero-order valence-electron chi connectivity index (χ0n) is 11.6. The van der Waals surface area contributed by atoms with E-state index < -0.39 is 17.9 Å². The Kier molecular flexibility index (Phi) is 7.77. The summed E-state index contributed by atoms with van der Waals surface area (Å²) in [5.74, 6) is -3.03. The Morgan fingerprint density at radius 3 is 2.28 bits per heavy atom. The van der Waals surface area contributed by atoms with Gasteiger partial charge in [-0.25, -0.2) is 9.59 Å². The number of carboxylic acid groups (broad SMARTS) is 1. The maximum atomic E-state index is 11.5. The molecule has 1 aromatic rings. The molecule has 6 nitrogen and oxygen atoms in total. The first kappa shape index (κ1) is 17.0. The van der Waals surface area contributed by atoms with Crippen molar-refractivity contribution in [2.75, 3.05) is 6.54 Å². The zero-order chi connectivity index (χ0) is 12.8. The Balaban J connectivity index is -0.000000963. The molecule has 0 aromatic heterocycles. The van der Waals surface area contributed by atoms with E-state index in [1.165, 1.54) is 24.3 Å². The molecule has 7 heteroatoms. The number of nitrogens with two attached hydrogens (primary N) is 1. The molecule has 0 atom stereocenters. The molecule has 1 rings (SSSR count). The van der Waals surface area contributed by atoms with Crippen LogP contribution in [0.3, 0.4) is 0 Å². The molecule has 0 aliphatic rings. The summed E-state index contributed by atoms with van der Waals surface area (Å²) >= 11 is 0. The van der Waals surface area contributed by atoms with E-state index in [4.69, 9.17) is 10.8 Å². The van der Waals surface area contributed by atoms with Crippen molar-refractivity contribution >= 4 is 55.6 Å². The van der Waals surface area contributed by atoms with Gasteiger partial charge in [-0.1, -0.05) is 12.1 Å². The predicted molar refractivity (Wildman–Crippen MR) is 65.5 cm³/mol. The number of carbonyl (C=O) groups is 3. The monoisotopic (exact) mass is 279 g/mol. The molecular weight excluding hydrogens is 266 g/mol. The molecule has 0 radical (unpaired) electrons. The zero-order valence-corrected chi connectivity index (χ0v) is 11.8. The number of rotatable bonds is 4. The van der Waals surface area contributed by atoms with Crippen LogP contribution < -0.4 is 5.73 Å². The number of benzene rings is 1. The van der Waals surface area contributed by atoms with Gasteiger partial charge in [-0.2, -0.15) is 0 Å². The van der Waals surface area contributed by atoms with Crippen molar-refractivity contribution in [2.45, 2.75) is 6.42 Å². The summed E-state index contributed by atoms with van der Waals surface area (Å²) in [5, 5.41) is 8.84. The quantitative estimate of drug-likeness (QED) is 0.465. The predicted octanol–water partition coefficient (Wildman–Crippen LogP) is 0.261. The summed E-state index contributed by atoms with van der Waals surface area (Å²) in [7, 11) is 0. The number of hydrogen-bond donors (Lipinski definition) is 2. The second-order valence-electron chi connectivity index (χ2n) is 3.15.